The van der Waals surface area contributed by atoms with Gasteiger partial charge in [0.05, 0.1) is 24.2 Å². The van der Waals surface area contributed by atoms with Gasteiger partial charge in [-0.3, -0.25) is 4.90 Å². The molecule has 0 aliphatic rings. The summed E-state index contributed by atoms with van der Waals surface area (Å²) in [5.41, 5.74) is 6.78. The summed E-state index contributed by atoms with van der Waals surface area (Å²) in [5.74, 6) is 0.827. The Morgan fingerprint density at radius 1 is 1.44 bits per heavy atom. The molecular weight excluding hydrogens is 248 g/mol. The lowest BCUT2D eigenvalue weighted by Gasteiger charge is -2.26. The van der Waals surface area contributed by atoms with Gasteiger partial charge in [-0.25, -0.2) is 0 Å². The molecule has 3 N–H and O–H groups in total. The van der Waals surface area contributed by atoms with Gasteiger partial charge in [0.2, 0.25) is 0 Å². The largest absolute Gasteiger partial charge is 0.494 e. The van der Waals surface area contributed by atoms with Crippen LogP contribution in [0, 0.1) is 0 Å². The first-order valence-corrected chi connectivity index (χ1v) is 6.34. The molecule has 5 heteroatoms. The Bertz CT molecular complexity index is 381. The zero-order valence-corrected chi connectivity index (χ0v) is 11.6. The molecule has 0 bridgehead atoms. The van der Waals surface area contributed by atoms with Crippen LogP contribution in [0.25, 0.3) is 0 Å². The van der Waals surface area contributed by atoms with Crippen molar-refractivity contribution in [2.75, 3.05) is 26.8 Å². The van der Waals surface area contributed by atoms with E-state index in [-0.39, 0.29) is 12.6 Å². The molecule has 1 atom stereocenters. The highest BCUT2D eigenvalue weighted by Crippen LogP contribution is 2.22. The van der Waals surface area contributed by atoms with Crippen LogP contribution in [0.4, 0.5) is 0 Å². The maximum atomic E-state index is 8.98. The predicted molar refractivity (Wildman–Crippen MR) is 76.9 cm³/mol. The van der Waals surface area contributed by atoms with Crippen LogP contribution in [-0.4, -0.2) is 41.8 Å². The number of ether oxygens (including phenoxy) is 1. The highest BCUT2D eigenvalue weighted by atomic mass is 32.1. The highest BCUT2D eigenvalue weighted by molar-refractivity contribution is 7.80. The van der Waals surface area contributed by atoms with Crippen molar-refractivity contribution >= 4 is 17.2 Å². The average molecular weight is 268 g/mol. The molecule has 0 spiro atoms. The molecule has 1 unspecified atom stereocenters. The Balaban J connectivity index is 2.88. The molecule has 0 aliphatic heterocycles. The number of likely N-dealkylation sites (N-methyl/N-ethyl adjacent to an activating group) is 1. The summed E-state index contributed by atoms with van der Waals surface area (Å²) in [6.07, 6.45) is 0. The maximum Gasteiger partial charge on any atom is 0.119 e. The number of nitrogens with two attached hydrogens (primary N) is 1. The Labute approximate surface area is 113 Å². The minimum atomic E-state index is -0.164. The van der Waals surface area contributed by atoms with Crippen molar-refractivity contribution < 1.29 is 9.84 Å². The number of rotatable bonds is 7. The zero-order valence-electron chi connectivity index (χ0n) is 10.8. The summed E-state index contributed by atoms with van der Waals surface area (Å²) in [6.45, 7) is 3.19. The normalized spacial score (nSPS) is 12.4. The molecule has 1 aromatic rings. The van der Waals surface area contributed by atoms with Gasteiger partial charge in [0.15, 0.2) is 0 Å². The van der Waals surface area contributed by atoms with Gasteiger partial charge in [-0.15, -0.1) is 0 Å². The van der Waals surface area contributed by atoms with Crippen molar-refractivity contribution in [3.63, 3.8) is 0 Å². The molecule has 1 aromatic carbocycles. The average Bonchev–Trinajstić information content (AvgIpc) is 2.32. The molecule has 100 valence electrons. The van der Waals surface area contributed by atoms with E-state index in [1.165, 1.54) is 0 Å². The van der Waals surface area contributed by atoms with Gasteiger partial charge in [-0.2, -0.15) is 0 Å². The summed E-state index contributed by atoms with van der Waals surface area (Å²) in [4.78, 5) is 2.33. The third-order valence-electron chi connectivity index (χ3n) is 2.67. The first-order chi connectivity index (χ1) is 8.60. The van der Waals surface area contributed by atoms with Gasteiger partial charge in [0.25, 0.3) is 0 Å². The van der Waals surface area contributed by atoms with Gasteiger partial charge in [-0.1, -0.05) is 24.4 Å². The number of benzene rings is 1. The van der Waals surface area contributed by atoms with Gasteiger partial charge >= 0.3 is 0 Å². The summed E-state index contributed by atoms with van der Waals surface area (Å²) < 4.78 is 5.39. The fourth-order valence-electron chi connectivity index (χ4n) is 1.84. The lowest BCUT2D eigenvalue weighted by atomic mass is 10.1. The zero-order chi connectivity index (χ0) is 13.5. The molecule has 1 rings (SSSR count). The lowest BCUT2D eigenvalue weighted by Crippen LogP contribution is -2.35. The molecule has 0 aromatic heterocycles. The third-order valence-corrected chi connectivity index (χ3v) is 2.89. The van der Waals surface area contributed by atoms with Gasteiger partial charge in [-0.05, 0) is 31.7 Å². The van der Waals surface area contributed by atoms with Crippen LogP contribution in [0.3, 0.4) is 0 Å². The van der Waals surface area contributed by atoms with Crippen LogP contribution in [0.15, 0.2) is 24.3 Å². The Kier molecular flexibility index (Phi) is 6.04. The quantitative estimate of drug-likeness (QED) is 0.731. The van der Waals surface area contributed by atoms with Crippen molar-refractivity contribution in [3.05, 3.63) is 29.8 Å². The first kappa shape index (κ1) is 14.9. The van der Waals surface area contributed by atoms with Crippen LogP contribution < -0.4 is 10.5 Å². The second-order valence-corrected chi connectivity index (χ2v) is 4.48. The minimum Gasteiger partial charge on any atom is -0.494 e. The van der Waals surface area contributed by atoms with E-state index < -0.39 is 0 Å². The standard InChI is InChI=1S/C13H20N2O2S/c1-3-17-11-6-4-10(5-7-11)12(13(14)18)15(2)8-9-16/h4-7,12,16H,3,8-9H2,1-2H3,(H2,14,18). The molecule has 0 saturated heterocycles. The smallest absolute Gasteiger partial charge is 0.119 e. The van der Waals surface area contributed by atoms with Gasteiger partial charge < -0.3 is 15.6 Å². The number of nitrogens with zero attached hydrogens (tertiary/aromatic N) is 1. The van der Waals surface area contributed by atoms with Crippen molar-refractivity contribution in [2.45, 2.75) is 13.0 Å². The summed E-state index contributed by atoms with van der Waals surface area (Å²) in [5, 5.41) is 8.98. The van der Waals surface area contributed by atoms with Crippen molar-refractivity contribution in [1.82, 2.24) is 4.90 Å². The van der Waals surface area contributed by atoms with Crippen molar-refractivity contribution in [3.8, 4) is 5.75 Å². The van der Waals surface area contributed by atoms with Crippen LogP contribution in [0.1, 0.15) is 18.5 Å². The topological polar surface area (TPSA) is 58.7 Å². The molecule has 0 radical (unpaired) electrons. The monoisotopic (exact) mass is 268 g/mol. The molecule has 0 heterocycles. The Hall–Kier alpha value is -1.17. The SMILES string of the molecule is CCOc1ccc(C(C(N)=S)N(C)CCO)cc1. The molecule has 4 nitrogen and oxygen atoms in total. The third kappa shape index (κ3) is 3.94. The number of hydrogen-bond donors (Lipinski definition) is 2. The molecule has 0 fully saturated rings. The van der Waals surface area contributed by atoms with Crippen LogP contribution in [0.2, 0.25) is 0 Å². The molecule has 0 amide bonds. The fraction of sp³-hybridized carbons (Fsp3) is 0.462. The van der Waals surface area contributed by atoms with E-state index in [4.69, 9.17) is 27.8 Å². The second kappa shape index (κ2) is 7.31. The molecule has 18 heavy (non-hydrogen) atoms. The van der Waals surface area contributed by atoms with E-state index in [9.17, 15) is 0 Å². The Morgan fingerprint density at radius 3 is 2.50 bits per heavy atom. The second-order valence-electron chi connectivity index (χ2n) is 4.01. The van der Waals surface area contributed by atoms with Crippen molar-refractivity contribution in [1.29, 1.82) is 0 Å². The maximum absolute atomic E-state index is 8.98. The summed E-state index contributed by atoms with van der Waals surface area (Å²) in [7, 11) is 1.89. The molecule has 0 saturated carbocycles. The van der Waals surface area contributed by atoms with E-state index in [0.717, 1.165) is 11.3 Å². The number of aliphatic hydroxyl groups is 1. The lowest BCUT2D eigenvalue weighted by molar-refractivity contribution is 0.207. The van der Waals surface area contributed by atoms with E-state index >= 15 is 0 Å². The fourth-order valence-corrected chi connectivity index (χ4v) is 2.15. The predicted octanol–water partition coefficient (Wildman–Crippen LogP) is 1.34. The Morgan fingerprint density at radius 2 is 2.06 bits per heavy atom. The van der Waals surface area contributed by atoms with Crippen molar-refractivity contribution in [2.24, 2.45) is 5.73 Å². The van der Waals surface area contributed by atoms with E-state index in [1.807, 2.05) is 43.1 Å². The minimum absolute atomic E-state index is 0.0760. The van der Waals surface area contributed by atoms with E-state index in [1.54, 1.807) is 0 Å². The van der Waals surface area contributed by atoms with Crippen LogP contribution in [-0.2, 0) is 0 Å². The number of thiocarbonyl (C=S) groups is 1. The number of hydrogen-bond acceptors (Lipinski definition) is 4. The van der Waals surface area contributed by atoms with Gasteiger partial charge in [0.1, 0.15) is 5.75 Å². The van der Waals surface area contributed by atoms with Crippen LogP contribution >= 0.6 is 12.2 Å². The first-order valence-electron chi connectivity index (χ1n) is 5.93. The van der Waals surface area contributed by atoms with Crippen LogP contribution in [0.5, 0.6) is 5.75 Å². The number of aliphatic hydroxyl groups excluding tert-OH is 1. The van der Waals surface area contributed by atoms with Gasteiger partial charge in [0, 0.05) is 6.54 Å². The summed E-state index contributed by atoms with van der Waals surface area (Å²) >= 11 is 5.10. The summed E-state index contributed by atoms with van der Waals surface area (Å²) in [6, 6.07) is 7.53. The van der Waals surface area contributed by atoms with E-state index in [2.05, 4.69) is 0 Å². The molecular formula is C13H20N2O2S. The molecule has 0 aliphatic carbocycles. The highest BCUT2D eigenvalue weighted by Gasteiger charge is 2.19. The van der Waals surface area contributed by atoms with E-state index in [0.29, 0.717) is 18.1 Å².